The molecule has 1 N–H and O–H groups in total. The number of carbonyl (C=O) groups excluding carboxylic acids is 1. The molecule has 3 aromatic heterocycles. The number of halogens is 6. The lowest BCUT2D eigenvalue weighted by Gasteiger charge is -2.18. The number of ether oxygens (including phenoxy) is 1. The average molecular weight is 546 g/mol. The summed E-state index contributed by atoms with van der Waals surface area (Å²) in [5, 5.41) is 2.69. The standard InChI is InChI=1S/C22H20F6N6O2S/c1-12-19(16(37-33-12)6-14-8-30-17(9-29-14)22(26,27)28)20(35)32-13-2-3-18(31-7-13)36-15-4-5-34(10-15)11-21(23,24)25/h2-3,7-9,15H,4-6,10-11H2,1H3,(H,32,35)/t15-/m0/s1. The van der Waals surface area contributed by atoms with Crippen molar-refractivity contribution in [3.05, 3.63) is 58.2 Å². The zero-order chi connectivity index (χ0) is 26.8. The lowest BCUT2D eigenvalue weighted by Crippen LogP contribution is -2.33. The van der Waals surface area contributed by atoms with Gasteiger partial charge in [-0.25, -0.2) is 9.97 Å². The van der Waals surface area contributed by atoms with Crippen LogP contribution in [0.5, 0.6) is 5.88 Å². The number of nitrogens with zero attached hydrogens (tertiary/aromatic N) is 5. The van der Waals surface area contributed by atoms with Gasteiger partial charge in [-0.15, -0.1) is 0 Å². The number of hydrogen-bond donors (Lipinski definition) is 1. The second-order valence-electron chi connectivity index (χ2n) is 8.35. The second-order valence-corrected chi connectivity index (χ2v) is 9.21. The van der Waals surface area contributed by atoms with E-state index in [4.69, 9.17) is 4.74 Å². The number of aromatic nitrogens is 4. The van der Waals surface area contributed by atoms with Crippen LogP contribution >= 0.6 is 11.5 Å². The van der Waals surface area contributed by atoms with Crippen molar-refractivity contribution in [3.63, 3.8) is 0 Å². The van der Waals surface area contributed by atoms with Gasteiger partial charge in [-0.2, -0.15) is 30.7 Å². The first-order valence-electron chi connectivity index (χ1n) is 10.9. The number of amides is 1. The number of carbonyl (C=O) groups is 1. The molecule has 0 saturated carbocycles. The summed E-state index contributed by atoms with van der Waals surface area (Å²) in [4.78, 5) is 26.0. The summed E-state index contributed by atoms with van der Waals surface area (Å²) in [7, 11) is 0. The van der Waals surface area contributed by atoms with Gasteiger partial charge in [0.05, 0.1) is 41.6 Å². The summed E-state index contributed by atoms with van der Waals surface area (Å²) >= 11 is 1.03. The zero-order valence-electron chi connectivity index (χ0n) is 19.2. The maximum atomic E-state index is 12.9. The molecular formula is C22H20F6N6O2S. The van der Waals surface area contributed by atoms with Crippen LogP contribution in [-0.2, 0) is 12.6 Å². The fraction of sp³-hybridized carbons (Fsp3) is 0.409. The minimum Gasteiger partial charge on any atom is -0.473 e. The number of hydrogen-bond acceptors (Lipinski definition) is 8. The van der Waals surface area contributed by atoms with Crippen molar-refractivity contribution >= 4 is 23.1 Å². The molecule has 3 aromatic rings. The van der Waals surface area contributed by atoms with Gasteiger partial charge in [-0.05, 0) is 30.9 Å². The van der Waals surface area contributed by atoms with Crippen molar-refractivity contribution in [2.75, 3.05) is 25.0 Å². The third-order valence-corrected chi connectivity index (χ3v) is 6.35. The molecule has 37 heavy (non-hydrogen) atoms. The Kier molecular flexibility index (Phi) is 7.64. The Labute approximate surface area is 210 Å². The van der Waals surface area contributed by atoms with E-state index in [0.29, 0.717) is 28.9 Å². The molecule has 0 radical (unpaired) electrons. The third-order valence-electron chi connectivity index (χ3n) is 5.41. The molecule has 1 aliphatic heterocycles. The molecule has 0 unspecified atom stereocenters. The summed E-state index contributed by atoms with van der Waals surface area (Å²) in [6.45, 7) is 1.05. The van der Waals surface area contributed by atoms with Crippen LogP contribution in [0.4, 0.5) is 32.0 Å². The topological polar surface area (TPSA) is 93.1 Å². The van der Waals surface area contributed by atoms with Gasteiger partial charge in [-0.1, -0.05) is 0 Å². The molecule has 0 spiro atoms. The molecule has 1 aliphatic rings. The predicted octanol–water partition coefficient (Wildman–Crippen LogP) is 4.51. The Morgan fingerprint density at radius 3 is 2.54 bits per heavy atom. The van der Waals surface area contributed by atoms with E-state index >= 15 is 0 Å². The van der Waals surface area contributed by atoms with Gasteiger partial charge in [0.2, 0.25) is 5.88 Å². The number of pyridine rings is 1. The Morgan fingerprint density at radius 1 is 1.14 bits per heavy atom. The van der Waals surface area contributed by atoms with Gasteiger partial charge >= 0.3 is 12.4 Å². The van der Waals surface area contributed by atoms with Crippen LogP contribution in [0.25, 0.3) is 0 Å². The maximum absolute atomic E-state index is 12.9. The first kappa shape index (κ1) is 26.7. The SMILES string of the molecule is Cc1nsc(Cc2cnc(C(F)(F)F)cn2)c1C(=O)Nc1ccc(O[C@H]2CCN(CC(F)(F)F)C2)nc1. The van der Waals surface area contributed by atoms with E-state index in [9.17, 15) is 31.1 Å². The summed E-state index contributed by atoms with van der Waals surface area (Å²) in [5.74, 6) is -0.276. The van der Waals surface area contributed by atoms with Crippen molar-refractivity contribution in [1.29, 1.82) is 0 Å². The fourth-order valence-corrected chi connectivity index (χ4v) is 4.65. The summed E-state index contributed by atoms with van der Waals surface area (Å²) in [6, 6.07) is 3.04. The van der Waals surface area contributed by atoms with Crippen LogP contribution in [0, 0.1) is 6.92 Å². The van der Waals surface area contributed by atoms with Crippen molar-refractivity contribution in [2.45, 2.75) is 38.2 Å². The number of rotatable bonds is 7. The van der Waals surface area contributed by atoms with Gasteiger partial charge in [0, 0.05) is 36.7 Å². The van der Waals surface area contributed by atoms with Gasteiger partial charge in [0.1, 0.15) is 6.10 Å². The quantitative estimate of drug-likeness (QED) is 0.436. The lowest BCUT2D eigenvalue weighted by molar-refractivity contribution is -0.144. The first-order chi connectivity index (χ1) is 17.4. The van der Waals surface area contributed by atoms with Gasteiger partial charge in [0.25, 0.3) is 5.91 Å². The zero-order valence-corrected chi connectivity index (χ0v) is 20.0. The molecule has 15 heteroatoms. The van der Waals surface area contributed by atoms with Gasteiger partial charge < -0.3 is 10.1 Å². The van der Waals surface area contributed by atoms with Gasteiger partial charge in [-0.3, -0.25) is 14.7 Å². The Hall–Kier alpha value is -3.33. The third kappa shape index (κ3) is 7.13. The largest absolute Gasteiger partial charge is 0.473 e. The molecule has 1 amide bonds. The molecule has 1 atom stereocenters. The smallest absolute Gasteiger partial charge is 0.434 e. The maximum Gasteiger partial charge on any atom is 0.434 e. The Bertz CT molecular complexity index is 1230. The van der Waals surface area contributed by atoms with Crippen molar-refractivity contribution in [2.24, 2.45) is 0 Å². The lowest BCUT2D eigenvalue weighted by atomic mass is 10.1. The highest BCUT2D eigenvalue weighted by atomic mass is 32.1. The molecule has 0 bridgehead atoms. The molecule has 1 saturated heterocycles. The Morgan fingerprint density at radius 2 is 1.92 bits per heavy atom. The van der Waals surface area contributed by atoms with E-state index in [2.05, 4.69) is 24.6 Å². The number of likely N-dealkylation sites (tertiary alicyclic amines) is 1. The Balaban J connectivity index is 1.36. The number of aryl methyl sites for hydroxylation is 1. The van der Waals surface area contributed by atoms with Crippen LogP contribution in [0.2, 0.25) is 0 Å². The van der Waals surface area contributed by atoms with E-state index < -0.39 is 36.6 Å². The van der Waals surface area contributed by atoms with Crippen LogP contribution < -0.4 is 10.1 Å². The molecule has 1 fully saturated rings. The average Bonchev–Trinajstić information content (AvgIpc) is 3.39. The highest BCUT2D eigenvalue weighted by Gasteiger charge is 2.35. The predicted molar refractivity (Wildman–Crippen MR) is 120 cm³/mol. The van der Waals surface area contributed by atoms with E-state index in [0.717, 1.165) is 17.7 Å². The first-order valence-corrected chi connectivity index (χ1v) is 11.7. The fourth-order valence-electron chi connectivity index (χ4n) is 3.76. The van der Waals surface area contributed by atoms with Crippen molar-refractivity contribution in [1.82, 2.24) is 24.2 Å². The highest BCUT2D eigenvalue weighted by Crippen LogP contribution is 2.28. The minimum atomic E-state index is -4.60. The number of nitrogens with one attached hydrogen (secondary N) is 1. The number of alkyl halides is 6. The van der Waals surface area contributed by atoms with Crippen molar-refractivity contribution in [3.8, 4) is 5.88 Å². The monoisotopic (exact) mass is 546 g/mol. The molecule has 4 rings (SSSR count). The van der Waals surface area contributed by atoms with E-state index in [1.165, 1.54) is 17.2 Å². The van der Waals surface area contributed by atoms with Crippen molar-refractivity contribution < 1.29 is 35.9 Å². The van der Waals surface area contributed by atoms with Crippen LogP contribution in [0.15, 0.2) is 30.7 Å². The normalized spacial score (nSPS) is 16.7. The summed E-state index contributed by atoms with van der Waals surface area (Å²) in [6.07, 6.45) is -5.79. The van der Waals surface area contributed by atoms with E-state index in [1.807, 2.05) is 0 Å². The van der Waals surface area contributed by atoms with Crippen LogP contribution in [0.1, 0.15) is 38.7 Å². The second kappa shape index (κ2) is 10.6. The van der Waals surface area contributed by atoms with E-state index in [1.54, 1.807) is 13.0 Å². The molecular weight excluding hydrogens is 526 g/mol. The van der Waals surface area contributed by atoms with Crippen LogP contribution in [-0.4, -0.2) is 62.0 Å². The summed E-state index contributed by atoms with van der Waals surface area (Å²) < 4.78 is 85.6. The van der Waals surface area contributed by atoms with Crippen LogP contribution in [0.3, 0.4) is 0 Å². The molecule has 0 aliphatic carbocycles. The minimum absolute atomic E-state index is 0.0666. The number of anilines is 1. The van der Waals surface area contributed by atoms with E-state index in [-0.39, 0.29) is 36.6 Å². The highest BCUT2D eigenvalue weighted by molar-refractivity contribution is 7.06. The van der Waals surface area contributed by atoms with Gasteiger partial charge in [0.15, 0.2) is 5.69 Å². The molecule has 4 heterocycles. The molecule has 0 aromatic carbocycles. The molecule has 198 valence electrons. The molecule has 8 nitrogen and oxygen atoms in total. The summed E-state index contributed by atoms with van der Waals surface area (Å²) in [5.41, 5.74) is 0.182.